The molecule has 3 rings (SSSR count). The van der Waals surface area contributed by atoms with Gasteiger partial charge < -0.3 is 9.33 Å². The van der Waals surface area contributed by atoms with E-state index < -0.39 is 8.32 Å². The Balaban J connectivity index is 1.53. The Kier molecular flexibility index (Phi) is 8.39. The summed E-state index contributed by atoms with van der Waals surface area (Å²) in [5, 5.41) is 1.48. The standard InChI is InChI=1S/C28H44N2O2Si/c1-21(2)30(18-19-32-33(6,7)28(3,4)5)27(31)20-22-12-14-23(15-13-22)24-16-17-29-26-11-9-8-10-25(24)26/h8-11,16-17,21-23H,12-15,18-20H2,1-7H3. The van der Waals surface area contributed by atoms with Crippen LogP contribution >= 0.6 is 0 Å². The Morgan fingerprint density at radius 2 is 1.79 bits per heavy atom. The highest BCUT2D eigenvalue weighted by Gasteiger charge is 2.37. The molecule has 1 aliphatic carbocycles. The van der Waals surface area contributed by atoms with Crippen LogP contribution in [0.2, 0.25) is 18.1 Å². The monoisotopic (exact) mass is 468 g/mol. The van der Waals surface area contributed by atoms with Crippen LogP contribution in [-0.2, 0) is 9.22 Å². The van der Waals surface area contributed by atoms with Crippen LogP contribution < -0.4 is 0 Å². The van der Waals surface area contributed by atoms with Crippen LogP contribution in [0.1, 0.15) is 78.2 Å². The second kappa shape index (κ2) is 10.7. The number of fused-ring (bicyclic) bond motifs is 1. The summed E-state index contributed by atoms with van der Waals surface area (Å²) in [5.41, 5.74) is 2.51. The number of carbonyl (C=O) groups is 1. The summed E-state index contributed by atoms with van der Waals surface area (Å²) in [6, 6.07) is 10.9. The van der Waals surface area contributed by atoms with Gasteiger partial charge in [0.25, 0.3) is 0 Å². The van der Waals surface area contributed by atoms with E-state index in [0.29, 0.717) is 37.3 Å². The van der Waals surface area contributed by atoms with E-state index in [9.17, 15) is 4.79 Å². The second-order valence-electron chi connectivity index (χ2n) is 11.6. The van der Waals surface area contributed by atoms with Crippen LogP contribution in [-0.4, -0.2) is 43.3 Å². The molecule has 1 amide bonds. The third-order valence-electron chi connectivity index (χ3n) is 7.98. The van der Waals surface area contributed by atoms with Crippen molar-refractivity contribution in [3.63, 3.8) is 0 Å². The average molecular weight is 469 g/mol. The topological polar surface area (TPSA) is 42.4 Å². The van der Waals surface area contributed by atoms with Gasteiger partial charge in [-0.25, -0.2) is 0 Å². The summed E-state index contributed by atoms with van der Waals surface area (Å²) in [6.45, 7) is 16.9. The van der Waals surface area contributed by atoms with Gasteiger partial charge in [-0.3, -0.25) is 9.78 Å². The van der Waals surface area contributed by atoms with Crippen molar-refractivity contribution in [1.82, 2.24) is 9.88 Å². The number of hydrogen-bond donors (Lipinski definition) is 0. The molecule has 5 heteroatoms. The van der Waals surface area contributed by atoms with Gasteiger partial charge in [-0.05, 0) is 87.2 Å². The first-order chi connectivity index (χ1) is 15.5. The molecular formula is C28H44N2O2Si. The Morgan fingerprint density at radius 1 is 1.12 bits per heavy atom. The number of nitrogens with zero attached hydrogens (tertiary/aromatic N) is 2. The predicted molar refractivity (Wildman–Crippen MR) is 141 cm³/mol. The molecule has 0 bridgehead atoms. The average Bonchev–Trinajstić information content (AvgIpc) is 2.75. The van der Waals surface area contributed by atoms with Crippen molar-refractivity contribution in [2.24, 2.45) is 5.92 Å². The van der Waals surface area contributed by atoms with E-state index in [-0.39, 0.29) is 11.1 Å². The molecule has 0 radical (unpaired) electrons. The minimum atomic E-state index is -1.79. The summed E-state index contributed by atoms with van der Waals surface area (Å²) in [6.07, 6.45) is 7.17. The van der Waals surface area contributed by atoms with Crippen molar-refractivity contribution in [2.75, 3.05) is 13.2 Å². The first kappa shape index (κ1) is 25.9. The van der Waals surface area contributed by atoms with Gasteiger partial charge in [0.05, 0.1) is 12.1 Å². The minimum absolute atomic E-state index is 0.193. The Bertz CT molecular complexity index is 922. The molecule has 1 saturated carbocycles. The van der Waals surface area contributed by atoms with Gasteiger partial charge in [0.15, 0.2) is 8.32 Å². The van der Waals surface area contributed by atoms with E-state index >= 15 is 0 Å². The molecule has 33 heavy (non-hydrogen) atoms. The summed E-state index contributed by atoms with van der Waals surface area (Å²) in [4.78, 5) is 19.8. The number of amides is 1. The Morgan fingerprint density at radius 3 is 2.42 bits per heavy atom. The third kappa shape index (κ3) is 6.45. The van der Waals surface area contributed by atoms with E-state index in [1.54, 1.807) is 0 Å². The molecule has 1 aromatic carbocycles. The van der Waals surface area contributed by atoms with Gasteiger partial charge in [0.2, 0.25) is 5.91 Å². The maximum absolute atomic E-state index is 13.2. The van der Waals surface area contributed by atoms with E-state index in [2.05, 4.69) is 83.0 Å². The third-order valence-corrected chi connectivity index (χ3v) is 12.5. The number of pyridine rings is 1. The number of benzene rings is 1. The van der Waals surface area contributed by atoms with E-state index in [1.807, 2.05) is 11.1 Å². The highest BCUT2D eigenvalue weighted by molar-refractivity contribution is 6.74. The van der Waals surface area contributed by atoms with Crippen molar-refractivity contribution >= 4 is 25.1 Å². The van der Waals surface area contributed by atoms with Gasteiger partial charge in [-0.2, -0.15) is 0 Å². The van der Waals surface area contributed by atoms with Crippen molar-refractivity contribution in [3.8, 4) is 0 Å². The van der Waals surface area contributed by atoms with Gasteiger partial charge in [0, 0.05) is 30.6 Å². The van der Waals surface area contributed by atoms with Crippen molar-refractivity contribution in [3.05, 3.63) is 42.1 Å². The second-order valence-corrected chi connectivity index (χ2v) is 16.4. The molecule has 0 unspecified atom stereocenters. The molecule has 0 atom stereocenters. The van der Waals surface area contributed by atoms with Crippen LogP contribution in [0.5, 0.6) is 0 Å². The Hall–Kier alpha value is -1.72. The first-order valence-corrected chi connectivity index (χ1v) is 15.7. The summed E-state index contributed by atoms with van der Waals surface area (Å²) >= 11 is 0. The SMILES string of the molecule is CC(C)N(CCO[Si](C)(C)C(C)(C)C)C(=O)CC1CCC(c2ccnc3ccccc23)CC1. The smallest absolute Gasteiger partial charge is 0.223 e. The van der Waals surface area contributed by atoms with Crippen molar-refractivity contribution in [1.29, 1.82) is 0 Å². The molecule has 0 N–H and O–H groups in total. The summed E-state index contributed by atoms with van der Waals surface area (Å²) in [5.74, 6) is 1.36. The predicted octanol–water partition coefficient (Wildman–Crippen LogP) is 7.16. The fraction of sp³-hybridized carbons (Fsp3) is 0.643. The van der Waals surface area contributed by atoms with Crippen LogP contribution in [0.4, 0.5) is 0 Å². The highest BCUT2D eigenvalue weighted by atomic mass is 28.4. The fourth-order valence-electron chi connectivity index (χ4n) is 4.80. The molecule has 0 saturated heterocycles. The number of carbonyl (C=O) groups excluding carboxylic acids is 1. The maximum Gasteiger partial charge on any atom is 0.223 e. The molecule has 1 fully saturated rings. The van der Waals surface area contributed by atoms with Crippen LogP contribution in [0.15, 0.2) is 36.5 Å². The van der Waals surface area contributed by atoms with Gasteiger partial charge >= 0.3 is 0 Å². The number of hydrogen-bond acceptors (Lipinski definition) is 3. The molecule has 0 spiro atoms. The molecule has 182 valence electrons. The molecule has 1 heterocycles. The van der Waals surface area contributed by atoms with Crippen LogP contribution in [0.25, 0.3) is 10.9 Å². The van der Waals surface area contributed by atoms with E-state index in [4.69, 9.17) is 4.43 Å². The first-order valence-electron chi connectivity index (χ1n) is 12.8. The molecule has 4 nitrogen and oxygen atoms in total. The van der Waals surface area contributed by atoms with Gasteiger partial charge in [-0.1, -0.05) is 39.0 Å². The largest absolute Gasteiger partial charge is 0.415 e. The Labute approximate surface area is 202 Å². The highest BCUT2D eigenvalue weighted by Crippen LogP contribution is 2.39. The number of rotatable bonds is 8. The summed E-state index contributed by atoms with van der Waals surface area (Å²) in [7, 11) is -1.79. The lowest BCUT2D eigenvalue weighted by atomic mass is 9.76. The van der Waals surface area contributed by atoms with Gasteiger partial charge in [-0.15, -0.1) is 0 Å². The quantitative estimate of drug-likeness (QED) is 0.386. The molecule has 0 aliphatic heterocycles. The normalized spacial score (nSPS) is 19.8. The summed E-state index contributed by atoms with van der Waals surface area (Å²) < 4.78 is 6.35. The molecular weight excluding hydrogens is 424 g/mol. The lowest BCUT2D eigenvalue weighted by Crippen LogP contribution is -2.45. The molecule has 1 aromatic heterocycles. The fourth-order valence-corrected chi connectivity index (χ4v) is 5.84. The van der Waals surface area contributed by atoms with Crippen molar-refractivity contribution in [2.45, 2.75) is 96.8 Å². The zero-order valence-corrected chi connectivity index (χ0v) is 22.9. The number of para-hydroxylation sites is 1. The lowest BCUT2D eigenvalue weighted by Gasteiger charge is -2.37. The molecule has 1 aliphatic rings. The maximum atomic E-state index is 13.2. The number of aromatic nitrogens is 1. The van der Waals surface area contributed by atoms with E-state index in [1.165, 1.54) is 10.9 Å². The van der Waals surface area contributed by atoms with Crippen LogP contribution in [0, 0.1) is 5.92 Å². The molecule has 2 aromatic rings. The zero-order valence-electron chi connectivity index (χ0n) is 21.9. The minimum Gasteiger partial charge on any atom is -0.415 e. The lowest BCUT2D eigenvalue weighted by molar-refractivity contribution is -0.134. The zero-order chi connectivity index (χ0) is 24.2. The van der Waals surface area contributed by atoms with Crippen LogP contribution in [0.3, 0.4) is 0 Å². The van der Waals surface area contributed by atoms with Gasteiger partial charge in [0.1, 0.15) is 0 Å². The van der Waals surface area contributed by atoms with Crippen molar-refractivity contribution < 1.29 is 9.22 Å². The van der Waals surface area contributed by atoms with E-state index in [0.717, 1.165) is 31.2 Å².